The minimum absolute atomic E-state index is 0.0577. The van der Waals surface area contributed by atoms with Gasteiger partial charge in [0, 0.05) is 46.9 Å². The minimum Gasteiger partial charge on any atom is -0.497 e. The summed E-state index contributed by atoms with van der Waals surface area (Å²) < 4.78 is 14.2. The Morgan fingerprint density at radius 1 is 1.00 bits per heavy atom. The maximum absolute atomic E-state index is 6.42. The zero-order valence-corrected chi connectivity index (χ0v) is 22.1. The van der Waals surface area contributed by atoms with E-state index in [0.29, 0.717) is 0 Å². The van der Waals surface area contributed by atoms with Crippen molar-refractivity contribution < 1.29 is 9.15 Å². The number of rotatable bonds is 5. The van der Waals surface area contributed by atoms with E-state index in [-0.39, 0.29) is 5.41 Å². The number of likely N-dealkylation sites (N-methyl/N-ethyl adjacent to an activating group) is 1. The van der Waals surface area contributed by atoms with E-state index in [1.807, 2.05) is 12.1 Å². The Morgan fingerprint density at radius 2 is 1.78 bits per heavy atom. The third kappa shape index (κ3) is 3.91. The molecule has 0 saturated heterocycles. The number of nitrogens with zero attached hydrogens (tertiary/aromatic N) is 2. The Bertz CT molecular complexity index is 1530. The number of benzene rings is 3. The highest BCUT2D eigenvalue weighted by Crippen LogP contribution is 2.46. The summed E-state index contributed by atoms with van der Waals surface area (Å²) in [4.78, 5) is 2.30. The van der Waals surface area contributed by atoms with E-state index in [1.54, 1.807) is 7.11 Å². The normalized spacial score (nSPS) is 15.8. The molecule has 184 valence electrons. The Morgan fingerprint density at radius 3 is 2.50 bits per heavy atom. The van der Waals surface area contributed by atoms with Crippen molar-refractivity contribution in [2.45, 2.75) is 33.1 Å². The van der Waals surface area contributed by atoms with Crippen LogP contribution < -0.4 is 19.6 Å². The predicted octanol–water partition coefficient (Wildman–Crippen LogP) is 6.68. The number of methoxy groups -OCH3 is 1. The van der Waals surface area contributed by atoms with Gasteiger partial charge in [0.05, 0.1) is 13.2 Å². The molecule has 0 radical (unpaired) electrons. The molecular weight excluding hydrogens is 444 g/mol. The van der Waals surface area contributed by atoms with E-state index in [0.717, 1.165) is 46.7 Å². The Kier molecular flexibility index (Phi) is 6.21. The van der Waals surface area contributed by atoms with Gasteiger partial charge in [-0.1, -0.05) is 44.2 Å². The van der Waals surface area contributed by atoms with Crippen molar-refractivity contribution in [3.05, 3.63) is 95.0 Å². The number of anilines is 1. The van der Waals surface area contributed by atoms with Gasteiger partial charge in [0.1, 0.15) is 30.2 Å². The average Bonchev–Trinajstić information content (AvgIpc) is 3.09. The molecule has 1 aliphatic carbocycles. The largest absolute Gasteiger partial charge is 0.497 e. The van der Waals surface area contributed by atoms with Crippen LogP contribution in [0.25, 0.3) is 28.4 Å². The Balaban J connectivity index is 1.67. The van der Waals surface area contributed by atoms with Crippen LogP contribution in [0.2, 0.25) is 0 Å². The monoisotopic (exact) mass is 479 g/mol. The molecule has 3 aliphatic rings. The first-order valence-corrected chi connectivity index (χ1v) is 12.7. The van der Waals surface area contributed by atoms with Gasteiger partial charge in [-0.05, 0) is 55.3 Å². The molecule has 0 aromatic heterocycles. The van der Waals surface area contributed by atoms with Gasteiger partial charge in [0.2, 0.25) is 5.36 Å². The fourth-order valence-corrected chi connectivity index (χ4v) is 5.52. The molecule has 0 atom stereocenters. The molecule has 2 aromatic carbocycles. The third-order valence-corrected chi connectivity index (χ3v) is 7.54. The highest BCUT2D eigenvalue weighted by atomic mass is 16.5. The summed E-state index contributed by atoms with van der Waals surface area (Å²) >= 11 is 0. The molecule has 0 spiro atoms. The van der Waals surface area contributed by atoms with Crippen LogP contribution in [0.5, 0.6) is 5.75 Å². The number of allylic oxidation sites excluding steroid dienone is 3. The van der Waals surface area contributed by atoms with Crippen molar-refractivity contribution in [2.24, 2.45) is 0 Å². The third-order valence-electron chi connectivity index (χ3n) is 7.54. The molecule has 2 aromatic rings. The minimum atomic E-state index is -0.0577. The molecule has 0 saturated carbocycles. The number of para-hydroxylation sites is 1. The van der Waals surface area contributed by atoms with E-state index >= 15 is 0 Å². The maximum atomic E-state index is 6.42. The van der Waals surface area contributed by atoms with Crippen molar-refractivity contribution in [3.63, 3.8) is 0 Å². The van der Waals surface area contributed by atoms with Gasteiger partial charge < -0.3 is 14.1 Å². The lowest BCUT2D eigenvalue weighted by Crippen LogP contribution is -2.29. The molecule has 4 heteroatoms. The van der Waals surface area contributed by atoms with Gasteiger partial charge in [-0.2, -0.15) is 0 Å². The fourth-order valence-electron chi connectivity index (χ4n) is 5.52. The van der Waals surface area contributed by atoms with Gasteiger partial charge in [0.25, 0.3) is 0 Å². The van der Waals surface area contributed by atoms with Gasteiger partial charge in [-0.25, -0.2) is 4.58 Å². The van der Waals surface area contributed by atoms with Crippen LogP contribution in [0.1, 0.15) is 38.8 Å². The summed E-state index contributed by atoms with van der Waals surface area (Å²) in [6, 6.07) is 21.2. The van der Waals surface area contributed by atoms with E-state index in [1.165, 1.54) is 22.3 Å². The fraction of sp³-hybridized carbons (Fsp3) is 0.281. The molecule has 2 aliphatic heterocycles. The topological polar surface area (TPSA) is 28.6 Å². The van der Waals surface area contributed by atoms with Gasteiger partial charge in [-0.3, -0.25) is 0 Å². The lowest BCUT2D eigenvalue weighted by atomic mass is 9.84. The summed E-state index contributed by atoms with van der Waals surface area (Å²) in [6.45, 7) is 10.9. The summed E-state index contributed by atoms with van der Waals surface area (Å²) in [5.41, 5.74) is 6.91. The van der Waals surface area contributed by atoms with Crippen molar-refractivity contribution in [2.75, 3.05) is 32.1 Å². The highest BCUT2D eigenvalue weighted by molar-refractivity contribution is 5.95. The van der Waals surface area contributed by atoms with Crippen LogP contribution in [0, 0.1) is 0 Å². The molecule has 36 heavy (non-hydrogen) atoms. The van der Waals surface area contributed by atoms with E-state index in [9.17, 15) is 0 Å². The first kappa shape index (κ1) is 23.9. The average molecular weight is 480 g/mol. The van der Waals surface area contributed by atoms with Crippen LogP contribution in [-0.4, -0.2) is 27.2 Å². The molecule has 0 N–H and O–H groups in total. The van der Waals surface area contributed by atoms with Crippen molar-refractivity contribution in [3.8, 4) is 17.1 Å². The molecule has 0 unspecified atom stereocenters. The van der Waals surface area contributed by atoms with Crippen LogP contribution >= 0.6 is 0 Å². The van der Waals surface area contributed by atoms with Crippen molar-refractivity contribution in [1.82, 2.24) is 4.58 Å². The summed E-state index contributed by atoms with van der Waals surface area (Å²) in [7, 11) is 3.84. The molecule has 5 rings (SSSR count). The lowest BCUT2D eigenvalue weighted by Gasteiger charge is -2.23. The lowest BCUT2D eigenvalue weighted by molar-refractivity contribution is 0.414. The van der Waals surface area contributed by atoms with Crippen LogP contribution in [0.15, 0.2) is 82.9 Å². The van der Waals surface area contributed by atoms with Crippen molar-refractivity contribution >= 4 is 22.7 Å². The first-order chi connectivity index (χ1) is 17.4. The number of hydrogen-bond donors (Lipinski definition) is 0. The van der Waals surface area contributed by atoms with Gasteiger partial charge in [0.15, 0.2) is 0 Å². The van der Waals surface area contributed by atoms with E-state index in [4.69, 9.17) is 9.15 Å². The number of hydrogen-bond acceptors (Lipinski definition) is 3. The van der Waals surface area contributed by atoms with E-state index < -0.39 is 0 Å². The zero-order chi connectivity index (χ0) is 25.4. The van der Waals surface area contributed by atoms with Crippen molar-refractivity contribution in [1.29, 1.82) is 0 Å². The number of ether oxygens (including phenoxy) is 1. The van der Waals surface area contributed by atoms with Crippen LogP contribution in [0.4, 0.5) is 5.69 Å². The molecule has 0 amide bonds. The maximum Gasteiger partial charge on any atom is 0.203 e. The molecular formula is C32H35N2O2+. The van der Waals surface area contributed by atoms with Crippen LogP contribution in [0.3, 0.4) is 0 Å². The molecule has 4 nitrogen and oxygen atoms in total. The summed E-state index contributed by atoms with van der Waals surface area (Å²) in [5, 5.41) is 2.23. The summed E-state index contributed by atoms with van der Waals surface area (Å²) in [5.74, 6) is 1.66. The smallest absolute Gasteiger partial charge is 0.203 e. The second-order valence-corrected chi connectivity index (χ2v) is 9.84. The predicted molar refractivity (Wildman–Crippen MR) is 151 cm³/mol. The van der Waals surface area contributed by atoms with Gasteiger partial charge in [-0.15, -0.1) is 0 Å². The zero-order valence-electron chi connectivity index (χ0n) is 22.1. The van der Waals surface area contributed by atoms with Crippen LogP contribution in [-0.2, 0) is 5.41 Å². The molecule has 0 bridgehead atoms. The van der Waals surface area contributed by atoms with Gasteiger partial charge >= 0.3 is 0 Å². The first-order valence-electron chi connectivity index (χ1n) is 12.7. The Labute approximate surface area is 213 Å². The highest BCUT2D eigenvalue weighted by Gasteiger charge is 2.37. The Hall–Kier alpha value is -3.79. The van der Waals surface area contributed by atoms with E-state index in [2.05, 4.69) is 111 Å². The SMILES string of the molecule is CC[N+](CC)=c1ccc2c(/C=C/C=C3\N(C)c4ccccc4C3(C)C)c3ccc(OC)cc3oc-2c1. The quantitative estimate of drug-likeness (QED) is 0.236. The molecule has 2 heterocycles. The number of fused-ring (bicyclic) bond motifs is 3. The molecule has 0 fully saturated rings. The summed E-state index contributed by atoms with van der Waals surface area (Å²) in [6.07, 6.45) is 6.63. The second-order valence-electron chi connectivity index (χ2n) is 9.84. The second kappa shape index (κ2) is 9.34. The standard InChI is InChI=1S/C32H35N2O2/c1-7-34(8-2)22-16-18-25-24(26-19-17-23(35-6)21-30(26)36-29(25)20-22)12-11-15-31-32(3,4)27-13-9-10-14-28(27)33(31)5/h9-21H,7-8H2,1-6H3/q+1.